The van der Waals surface area contributed by atoms with E-state index in [1.165, 1.54) is 6.26 Å². The van der Waals surface area contributed by atoms with Crippen molar-refractivity contribution in [3.8, 4) is 0 Å². The molecule has 0 aliphatic carbocycles. The van der Waals surface area contributed by atoms with E-state index in [9.17, 15) is 13.2 Å². The van der Waals surface area contributed by atoms with Crippen LogP contribution in [0, 0.1) is 5.92 Å². The van der Waals surface area contributed by atoms with Gasteiger partial charge in [0, 0.05) is 12.8 Å². The van der Waals surface area contributed by atoms with Gasteiger partial charge in [-0.15, -0.1) is 0 Å². The zero-order valence-corrected chi connectivity index (χ0v) is 12.6. The SMILES string of the molecule is CC(C)CCNC(=O)C(C)NCCCS(C)(=O)=O. The Morgan fingerprint density at radius 2 is 1.78 bits per heavy atom. The summed E-state index contributed by atoms with van der Waals surface area (Å²) in [6.45, 7) is 7.22. The van der Waals surface area contributed by atoms with E-state index in [0.29, 0.717) is 25.4 Å². The Kier molecular flexibility index (Phi) is 8.18. The van der Waals surface area contributed by atoms with E-state index in [0.717, 1.165) is 6.42 Å². The molecule has 18 heavy (non-hydrogen) atoms. The Morgan fingerprint density at radius 3 is 2.28 bits per heavy atom. The summed E-state index contributed by atoms with van der Waals surface area (Å²) in [7, 11) is -2.91. The van der Waals surface area contributed by atoms with Crippen molar-refractivity contribution in [2.75, 3.05) is 25.1 Å². The summed E-state index contributed by atoms with van der Waals surface area (Å²) in [6, 6.07) is -0.281. The van der Waals surface area contributed by atoms with E-state index in [1.807, 2.05) is 0 Å². The average molecular weight is 278 g/mol. The quantitative estimate of drug-likeness (QED) is 0.604. The first-order valence-electron chi connectivity index (χ1n) is 6.41. The topological polar surface area (TPSA) is 75.3 Å². The Morgan fingerprint density at radius 1 is 1.17 bits per heavy atom. The second-order valence-electron chi connectivity index (χ2n) is 5.13. The van der Waals surface area contributed by atoms with Gasteiger partial charge in [-0.3, -0.25) is 4.79 Å². The maximum atomic E-state index is 11.6. The van der Waals surface area contributed by atoms with Crippen molar-refractivity contribution in [3.63, 3.8) is 0 Å². The molecule has 0 aliphatic rings. The molecule has 6 heteroatoms. The number of amides is 1. The van der Waals surface area contributed by atoms with Gasteiger partial charge in [0.05, 0.1) is 11.8 Å². The lowest BCUT2D eigenvalue weighted by Gasteiger charge is -2.14. The fourth-order valence-corrected chi connectivity index (χ4v) is 2.05. The van der Waals surface area contributed by atoms with Gasteiger partial charge in [-0.1, -0.05) is 13.8 Å². The molecule has 0 rings (SSSR count). The Labute approximate surface area is 111 Å². The maximum absolute atomic E-state index is 11.6. The van der Waals surface area contributed by atoms with Crippen LogP contribution in [0.25, 0.3) is 0 Å². The number of hydrogen-bond acceptors (Lipinski definition) is 4. The average Bonchev–Trinajstić information content (AvgIpc) is 2.22. The van der Waals surface area contributed by atoms with Gasteiger partial charge < -0.3 is 10.6 Å². The minimum Gasteiger partial charge on any atom is -0.355 e. The highest BCUT2D eigenvalue weighted by molar-refractivity contribution is 7.90. The first-order valence-corrected chi connectivity index (χ1v) is 8.47. The zero-order chi connectivity index (χ0) is 14.2. The standard InChI is InChI=1S/C12H26N2O3S/c1-10(2)6-8-14-12(15)11(3)13-7-5-9-18(4,16)17/h10-11,13H,5-9H2,1-4H3,(H,14,15). The summed E-state index contributed by atoms with van der Waals surface area (Å²) in [4.78, 5) is 11.6. The van der Waals surface area contributed by atoms with Crippen molar-refractivity contribution in [2.45, 2.75) is 39.7 Å². The molecule has 0 saturated heterocycles. The van der Waals surface area contributed by atoms with Gasteiger partial charge in [0.25, 0.3) is 0 Å². The van der Waals surface area contributed by atoms with E-state index >= 15 is 0 Å². The van der Waals surface area contributed by atoms with Crippen LogP contribution in [0.4, 0.5) is 0 Å². The molecular formula is C12H26N2O3S. The summed E-state index contributed by atoms with van der Waals surface area (Å²) >= 11 is 0. The van der Waals surface area contributed by atoms with Crippen LogP contribution < -0.4 is 10.6 Å². The minimum absolute atomic E-state index is 0.0324. The van der Waals surface area contributed by atoms with Crippen LogP contribution in [0.2, 0.25) is 0 Å². The van der Waals surface area contributed by atoms with Gasteiger partial charge >= 0.3 is 0 Å². The Balaban J connectivity index is 3.68. The fourth-order valence-electron chi connectivity index (χ4n) is 1.38. The number of hydrogen-bond donors (Lipinski definition) is 2. The molecule has 1 unspecified atom stereocenters. The van der Waals surface area contributed by atoms with E-state index in [4.69, 9.17) is 0 Å². The van der Waals surface area contributed by atoms with Gasteiger partial charge in [0.2, 0.25) is 5.91 Å². The Bertz CT molecular complexity index is 339. The van der Waals surface area contributed by atoms with E-state index in [-0.39, 0.29) is 17.7 Å². The number of carbonyl (C=O) groups is 1. The molecule has 0 saturated carbocycles. The molecule has 1 amide bonds. The number of sulfone groups is 1. The highest BCUT2D eigenvalue weighted by atomic mass is 32.2. The molecule has 0 fully saturated rings. The van der Waals surface area contributed by atoms with Crippen LogP contribution in [-0.4, -0.2) is 45.5 Å². The molecule has 2 N–H and O–H groups in total. The second kappa shape index (κ2) is 8.48. The number of nitrogens with one attached hydrogen (secondary N) is 2. The van der Waals surface area contributed by atoms with Crippen LogP contribution in [-0.2, 0) is 14.6 Å². The van der Waals surface area contributed by atoms with Gasteiger partial charge in [-0.2, -0.15) is 0 Å². The third kappa shape index (κ3) is 10.5. The molecule has 0 aromatic heterocycles. The van der Waals surface area contributed by atoms with Gasteiger partial charge in [0.1, 0.15) is 9.84 Å². The van der Waals surface area contributed by atoms with Gasteiger partial charge in [-0.05, 0) is 32.2 Å². The third-order valence-corrected chi connectivity index (χ3v) is 3.59. The smallest absolute Gasteiger partial charge is 0.236 e. The molecule has 0 aliphatic heterocycles. The Hall–Kier alpha value is -0.620. The van der Waals surface area contributed by atoms with E-state index in [1.54, 1.807) is 6.92 Å². The van der Waals surface area contributed by atoms with Gasteiger partial charge in [0.15, 0.2) is 0 Å². The van der Waals surface area contributed by atoms with Crippen molar-refractivity contribution < 1.29 is 13.2 Å². The molecule has 0 spiro atoms. The summed E-state index contributed by atoms with van der Waals surface area (Å²) in [5.41, 5.74) is 0. The summed E-state index contributed by atoms with van der Waals surface area (Å²) in [5.74, 6) is 0.695. The summed E-state index contributed by atoms with van der Waals surface area (Å²) in [5, 5.41) is 5.87. The highest BCUT2D eigenvalue weighted by Crippen LogP contribution is 1.96. The highest BCUT2D eigenvalue weighted by Gasteiger charge is 2.11. The first-order chi connectivity index (χ1) is 8.22. The molecule has 0 aromatic rings. The number of carbonyl (C=O) groups excluding carboxylic acids is 1. The summed E-state index contributed by atoms with van der Waals surface area (Å²) < 4.78 is 21.8. The molecular weight excluding hydrogens is 252 g/mol. The van der Waals surface area contributed by atoms with Crippen molar-refractivity contribution in [1.29, 1.82) is 0 Å². The van der Waals surface area contributed by atoms with Crippen molar-refractivity contribution >= 4 is 15.7 Å². The van der Waals surface area contributed by atoms with Crippen LogP contribution in [0.3, 0.4) is 0 Å². The summed E-state index contributed by atoms with van der Waals surface area (Å²) in [6.07, 6.45) is 2.71. The van der Waals surface area contributed by atoms with Crippen LogP contribution >= 0.6 is 0 Å². The van der Waals surface area contributed by atoms with Crippen molar-refractivity contribution in [3.05, 3.63) is 0 Å². The van der Waals surface area contributed by atoms with Crippen molar-refractivity contribution in [1.82, 2.24) is 10.6 Å². The van der Waals surface area contributed by atoms with Crippen LogP contribution in [0.5, 0.6) is 0 Å². The van der Waals surface area contributed by atoms with Crippen LogP contribution in [0.1, 0.15) is 33.6 Å². The molecule has 0 heterocycles. The number of rotatable bonds is 9. The lowest BCUT2D eigenvalue weighted by atomic mass is 10.1. The molecule has 5 nitrogen and oxygen atoms in total. The predicted molar refractivity (Wildman–Crippen MR) is 74.3 cm³/mol. The third-order valence-electron chi connectivity index (χ3n) is 2.56. The van der Waals surface area contributed by atoms with E-state index < -0.39 is 9.84 Å². The molecule has 108 valence electrons. The lowest BCUT2D eigenvalue weighted by Crippen LogP contribution is -2.43. The van der Waals surface area contributed by atoms with E-state index in [2.05, 4.69) is 24.5 Å². The predicted octanol–water partition coefficient (Wildman–Crippen LogP) is 0.562. The molecule has 1 atom stereocenters. The molecule has 0 bridgehead atoms. The normalized spacial score (nSPS) is 13.6. The second-order valence-corrected chi connectivity index (χ2v) is 7.39. The largest absolute Gasteiger partial charge is 0.355 e. The molecule has 0 radical (unpaired) electrons. The maximum Gasteiger partial charge on any atom is 0.236 e. The van der Waals surface area contributed by atoms with Crippen molar-refractivity contribution in [2.24, 2.45) is 5.92 Å². The fraction of sp³-hybridized carbons (Fsp3) is 0.917. The zero-order valence-electron chi connectivity index (χ0n) is 11.8. The minimum atomic E-state index is -2.91. The lowest BCUT2D eigenvalue weighted by molar-refractivity contribution is -0.122. The molecule has 0 aromatic carbocycles. The van der Waals surface area contributed by atoms with Gasteiger partial charge in [-0.25, -0.2) is 8.42 Å². The van der Waals surface area contributed by atoms with Crippen LogP contribution in [0.15, 0.2) is 0 Å². The monoisotopic (exact) mass is 278 g/mol. The first kappa shape index (κ1) is 17.4.